The molecule has 0 aliphatic heterocycles. The third-order valence-electron chi connectivity index (χ3n) is 1.18. The van der Waals surface area contributed by atoms with Gasteiger partial charge in [-0.05, 0) is 0 Å². The van der Waals surface area contributed by atoms with Crippen molar-refractivity contribution in [3.05, 3.63) is 0 Å². The molecule has 7 heteroatoms. The Kier molecular flexibility index (Phi) is 4.90. The van der Waals surface area contributed by atoms with Gasteiger partial charge in [0.25, 0.3) is 0 Å². The zero-order valence-corrected chi connectivity index (χ0v) is 7.79. The van der Waals surface area contributed by atoms with E-state index in [-0.39, 0.29) is 18.8 Å². The highest BCUT2D eigenvalue weighted by Crippen LogP contribution is 1.90. The molecule has 0 saturated carbocycles. The summed E-state index contributed by atoms with van der Waals surface area (Å²) in [5.41, 5.74) is 9.70. The van der Waals surface area contributed by atoms with Crippen LogP contribution in [0.1, 0.15) is 0 Å². The van der Waals surface area contributed by atoms with E-state index in [1.54, 1.807) is 0 Å². The summed E-state index contributed by atoms with van der Waals surface area (Å²) in [6.07, 6.45) is 0. The van der Waals surface area contributed by atoms with Crippen molar-refractivity contribution in [2.24, 2.45) is 11.5 Å². The Morgan fingerprint density at radius 3 is 1.69 bits per heavy atom. The van der Waals surface area contributed by atoms with Gasteiger partial charge in [0.2, 0.25) is 17.7 Å². The molecule has 74 valence electrons. The summed E-state index contributed by atoms with van der Waals surface area (Å²) < 4.78 is 0. The second kappa shape index (κ2) is 5.41. The fourth-order valence-corrected chi connectivity index (χ4v) is 0.908. The summed E-state index contributed by atoms with van der Waals surface area (Å²) in [5, 5.41) is 0. The Morgan fingerprint density at radius 2 is 1.46 bits per heavy atom. The minimum absolute atomic E-state index is 0.0967. The van der Waals surface area contributed by atoms with Crippen LogP contribution in [0.15, 0.2) is 0 Å². The van der Waals surface area contributed by atoms with Crippen LogP contribution in [0.25, 0.3) is 0 Å². The summed E-state index contributed by atoms with van der Waals surface area (Å²) in [6, 6.07) is 0. The number of thiol groups is 1. The summed E-state index contributed by atoms with van der Waals surface area (Å²) >= 11 is 3.70. The SMILES string of the molecule is NC(=O)CN(CC(N)=O)C(=O)CS. The number of nitrogens with zero attached hydrogens (tertiary/aromatic N) is 1. The van der Waals surface area contributed by atoms with Gasteiger partial charge in [0.05, 0.1) is 18.8 Å². The molecular formula is C6H11N3O3S. The predicted octanol–water partition coefficient (Wildman–Crippen LogP) is -2.28. The number of carbonyl (C=O) groups is 3. The topological polar surface area (TPSA) is 106 Å². The fraction of sp³-hybridized carbons (Fsp3) is 0.500. The van der Waals surface area contributed by atoms with Crippen LogP contribution in [-0.2, 0) is 14.4 Å². The molecule has 0 rings (SSSR count). The van der Waals surface area contributed by atoms with Gasteiger partial charge >= 0.3 is 0 Å². The number of primary amides is 2. The molecule has 0 radical (unpaired) electrons. The highest BCUT2D eigenvalue weighted by Gasteiger charge is 2.15. The second-order valence-corrected chi connectivity index (χ2v) is 2.66. The largest absolute Gasteiger partial charge is 0.368 e. The van der Waals surface area contributed by atoms with Gasteiger partial charge in [0.1, 0.15) is 0 Å². The van der Waals surface area contributed by atoms with Crippen molar-refractivity contribution >= 4 is 30.4 Å². The number of nitrogens with two attached hydrogens (primary N) is 2. The molecule has 0 aliphatic rings. The van der Waals surface area contributed by atoms with E-state index in [1.165, 1.54) is 0 Å². The van der Waals surface area contributed by atoms with Crippen molar-refractivity contribution in [3.8, 4) is 0 Å². The third kappa shape index (κ3) is 5.07. The monoisotopic (exact) mass is 205 g/mol. The molecule has 0 aromatic carbocycles. The maximum atomic E-state index is 11.0. The van der Waals surface area contributed by atoms with Gasteiger partial charge in [-0.3, -0.25) is 14.4 Å². The van der Waals surface area contributed by atoms with Crippen LogP contribution >= 0.6 is 12.6 Å². The van der Waals surface area contributed by atoms with Crippen LogP contribution in [0.3, 0.4) is 0 Å². The fourth-order valence-electron chi connectivity index (χ4n) is 0.708. The van der Waals surface area contributed by atoms with Gasteiger partial charge in [-0.2, -0.15) is 12.6 Å². The average Bonchev–Trinajstić information content (AvgIpc) is 2.00. The van der Waals surface area contributed by atoms with Crippen LogP contribution in [0, 0.1) is 0 Å². The molecule has 13 heavy (non-hydrogen) atoms. The first kappa shape index (κ1) is 11.8. The maximum absolute atomic E-state index is 11.0. The molecule has 0 spiro atoms. The Hall–Kier alpha value is -1.24. The highest BCUT2D eigenvalue weighted by molar-refractivity contribution is 7.81. The third-order valence-corrected chi connectivity index (χ3v) is 1.45. The molecule has 0 atom stereocenters. The lowest BCUT2D eigenvalue weighted by Gasteiger charge is -2.17. The molecule has 0 aliphatic carbocycles. The van der Waals surface area contributed by atoms with Crippen molar-refractivity contribution < 1.29 is 14.4 Å². The number of amides is 3. The van der Waals surface area contributed by atoms with E-state index in [2.05, 4.69) is 12.6 Å². The first-order chi connectivity index (χ1) is 5.97. The van der Waals surface area contributed by atoms with E-state index in [0.717, 1.165) is 4.90 Å². The van der Waals surface area contributed by atoms with Gasteiger partial charge in [-0.15, -0.1) is 0 Å². The molecular weight excluding hydrogens is 194 g/mol. The van der Waals surface area contributed by atoms with Gasteiger partial charge in [0.15, 0.2) is 0 Å². The average molecular weight is 205 g/mol. The van der Waals surface area contributed by atoms with Crippen molar-refractivity contribution in [3.63, 3.8) is 0 Å². The van der Waals surface area contributed by atoms with Gasteiger partial charge in [0, 0.05) is 0 Å². The summed E-state index contributed by atoms with van der Waals surface area (Å²) in [4.78, 5) is 32.9. The van der Waals surface area contributed by atoms with E-state index in [0.29, 0.717) is 0 Å². The molecule has 4 N–H and O–H groups in total. The molecule has 0 fully saturated rings. The van der Waals surface area contributed by atoms with Crippen LogP contribution < -0.4 is 11.5 Å². The van der Waals surface area contributed by atoms with Gasteiger partial charge in [-0.25, -0.2) is 0 Å². The van der Waals surface area contributed by atoms with Crippen molar-refractivity contribution in [1.29, 1.82) is 0 Å². The number of hydrogen-bond acceptors (Lipinski definition) is 4. The first-order valence-electron chi connectivity index (χ1n) is 3.42. The lowest BCUT2D eigenvalue weighted by Crippen LogP contribution is -2.43. The first-order valence-corrected chi connectivity index (χ1v) is 4.06. The van der Waals surface area contributed by atoms with Crippen molar-refractivity contribution in [2.75, 3.05) is 18.8 Å². The summed E-state index contributed by atoms with van der Waals surface area (Å²) in [6.45, 7) is -0.634. The zero-order valence-electron chi connectivity index (χ0n) is 6.90. The minimum Gasteiger partial charge on any atom is -0.368 e. The van der Waals surface area contributed by atoms with Gasteiger partial charge in [-0.1, -0.05) is 0 Å². The highest BCUT2D eigenvalue weighted by atomic mass is 32.1. The van der Waals surface area contributed by atoms with E-state index in [9.17, 15) is 14.4 Å². The smallest absolute Gasteiger partial charge is 0.237 e. The predicted molar refractivity (Wildman–Crippen MR) is 48.8 cm³/mol. The van der Waals surface area contributed by atoms with Crippen LogP contribution in [0.5, 0.6) is 0 Å². The molecule has 6 nitrogen and oxygen atoms in total. The minimum atomic E-state index is -0.698. The van der Waals surface area contributed by atoms with Crippen LogP contribution in [-0.4, -0.2) is 41.5 Å². The lowest BCUT2D eigenvalue weighted by molar-refractivity contribution is -0.136. The standard InChI is InChI=1S/C6H11N3O3S/c7-4(10)1-9(2-5(8)11)6(12)3-13/h13H,1-3H2,(H2,7,10)(H2,8,11). The van der Waals surface area contributed by atoms with Crippen LogP contribution in [0.4, 0.5) is 0 Å². The summed E-state index contributed by atoms with van der Waals surface area (Å²) in [7, 11) is 0. The second-order valence-electron chi connectivity index (χ2n) is 2.34. The molecule has 0 aromatic heterocycles. The number of hydrogen-bond donors (Lipinski definition) is 3. The molecule has 3 amide bonds. The number of rotatable bonds is 5. The molecule has 0 saturated heterocycles. The van der Waals surface area contributed by atoms with Crippen LogP contribution in [0.2, 0.25) is 0 Å². The van der Waals surface area contributed by atoms with E-state index in [4.69, 9.17) is 11.5 Å². The van der Waals surface area contributed by atoms with Crippen molar-refractivity contribution in [2.45, 2.75) is 0 Å². The van der Waals surface area contributed by atoms with Crippen molar-refractivity contribution in [1.82, 2.24) is 4.90 Å². The maximum Gasteiger partial charge on any atom is 0.237 e. The van der Waals surface area contributed by atoms with E-state index in [1.807, 2.05) is 0 Å². The van der Waals surface area contributed by atoms with Gasteiger partial charge < -0.3 is 16.4 Å². The Morgan fingerprint density at radius 1 is 1.08 bits per heavy atom. The lowest BCUT2D eigenvalue weighted by atomic mass is 10.4. The molecule has 0 heterocycles. The Bertz CT molecular complexity index is 215. The quantitative estimate of drug-likeness (QED) is 0.440. The van der Waals surface area contributed by atoms with E-state index < -0.39 is 17.7 Å². The summed E-state index contributed by atoms with van der Waals surface area (Å²) in [5.74, 6) is -1.95. The molecule has 0 bridgehead atoms. The Labute approximate surface area is 80.6 Å². The number of carbonyl (C=O) groups excluding carboxylic acids is 3. The Balaban J connectivity index is 4.26. The molecule has 0 unspecified atom stereocenters. The normalized spacial score (nSPS) is 9.31. The zero-order chi connectivity index (χ0) is 10.4. The molecule has 0 aromatic rings. The van der Waals surface area contributed by atoms with E-state index >= 15 is 0 Å².